The molecule has 2 amide bonds. The van der Waals surface area contributed by atoms with E-state index in [-0.39, 0.29) is 5.91 Å². The second-order valence-corrected chi connectivity index (χ2v) is 6.82. The summed E-state index contributed by atoms with van der Waals surface area (Å²) in [6.45, 7) is 7.77. The van der Waals surface area contributed by atoms with Crippen LogP contribution in [0.25, 0.3) is 0 Å². The highest BCUT2D eigenvalue weighted by Gasteiger charge is 2.45. The quantitative estimate of drug-likeness (QED) is 0.842. The Kier molecular flexibility index (Phi) is 4.76. The van der Waals surface area contributed by atoms with E-state index in [9.17, 15) is 9.59 Å². The molecule has 1 saturated carbocycles. The molecule has 2 fully saturated rings. The van der Waals surface area contributed by atoms with E-state index in [1.165, 1.54) is 0 Å². The van der Waals surface area contributed by atoms with E-state index >= 15 is 0 Å². The fourth-order valence-corrected chi connectivity index (χ4v) is 2.94. The predicted molar refractivity (Wildman–Crippen MR) is 78.0 cm³/mol. The Morgan fingerprint density at radius 2 is 1.71 bits per heavy atom. The SMILES string of the molecule is CC(C)(C)OC(=O)NC1(C(=O)N2CCOCC2)CCCC1. The zero-order chi connectivity index (χ0) is 15.5. The summed E-state index contributed by atoms with van der Waals surface area (Å²) in [6.07, 6.45) is 2.76. The van der Waals surface area contributed by atoms with Gasteiger partial charge in [-0.15, -0.1) is 0 Å². The number of nitrogens with one attached hydrogen (secondary N) is 1. The third-order valence-electron chi connectivity index (χ3n) is 3.91. The maximum absolute atomic E-state index is 12.8. The number of ether oxygens (including phenoxy) is 2. The molecule has 1 heterocycles. The number of morpholine rings is 1. The molecule has 0 radical (unpaired) electrons. The smallest absolute Gasteiger partial charge is 0.408 e. The van der Waals surface area contributed by atoms with Crippen molar-refractivity contribution in [2.24, 2.45) is 0 Å². The van der Waals surface area contributed by atoms with Crippen molar-refractivity contribution in [3.8, 4) is 0 Å². The Labute approximate surface area is 126 Å². The molecule has 2 rings (SSSR count). The van der Waals surface area contributed by atoms with Gasteiger partial charge in [0.2, 0.25) is 5.91 Å². The van der Waals surface area contributed by atoms with Gasteiger partial charge in [-0.1, -0.05) is 12.8 Å². The lowest BCUT2D eigenvalue weighted by Gasteiger charge is -2.37. The van der Waals surface area contributed by atoms with Crippen molar-refractivity contribution >= 4 is 12.0 Å². The van der Waals surface area contributed by atoms with Gasteiger partial charge in [-0.05, 0) is 33.6 Å². The fraction of sp³-hybridized carbons (Fsp3) is 0.867. The number of rotatable bonds is 2. The Balaban J connectivity index is 2.05. The van der Waals surface area contributed by atoms with Gasteiger partial charge in [-0.3, -0.25) is 4.79 Å². The maximum Gasteiger partial charge on any atom is 0.408 e. The monoisotopic (exact) mass is 298 g/mol. The number of nitrogens with zero attached hydrogens (tertiary/aromatic N) is 1. The second kappa shape index (κ2) is 6.22. The highest BCUT2D eigenvalue weighted by Crippen LogP contribution is 2.32. The third-order valence-corrected chi connectivity index (χ3v) is 3.91. The molecule has 0 bridgehead atoms. The average molecular weight is 298 g/mol. The molecular formula is C15H26N2O4. The summed E-state index contributed by atoms with van der Waals surface area (Å²) in [5.74, 6) is 0.00848. The van der Waals surface area contributed by atoms with Gasteiger partial charge < -0.3 is 19.7 Å². The largest absolute Gasteiger partial charge is 0.444 e. The van der Waals surface area contributed by atoms with Crippen molar-refractivity contribution in [2.45, 2.75) is 57.6 Å². The molecule has 2 aliphatic rings. The number of hydrogen-bond donors (Lipinski definition) is 1. The van der Waals surface area contributed by atoms with Gasteiger partial charge in [0.05, 0.1) is 13.2 Å². The number of carbonyl (C=O) groups is 2. The predicted octanol–water partition coefficient (Wildman–Crippen LogP) is 1.68. The summed E-state index contributed by atoms with van der Waals surface area (Å²) in [5, 5.41) is 2.85. The van der Waals surface area contributed by atoms with Crippen molar-refractivity contribution in [1.29, 1.82) is 0 Å². The molecule has 1 aliphatic heterocycles. The Morgan fingerprint density at radius 1 is 1.14 bits per heavy atom. The number of alkyl carbamates (subject to hydrolysis) is 1. The summed E-state index contributed by atoms with van der Waals surface area (Å²) >= 11 is 0. The first kappa shape index (κ1) is 16.1. The summed E-state index contributed by atoms with van der Waals surface area (Å²) in [5.41, 5.74) is -1.36. The van der Waals surface area contributed by atoms with Gasteiger partial charge >= 0.3 is 6.09 Å². The number of carbonyl (C=O) groups excluding carboxylic acids is 2. The van der Waals surface area contributed by atoms with E-state index in [2.05, 4.69) is 5.32 Å². The molecular weight excluding hydrogens is 272 g/mol. The van der Waals surface area contributed by atoms with Crippen LogP contribution in [0.4, 0.5) is 4.79 Å². The van der Waals surface area contributed by atoms with E-state index in [0.717, 1.165) is 12.8 Å². The van der Waals surface area contributed by atoms with Crippen LogP contribution in [0.1, 0.15) is 46.5 Å². The first-order chi connectivity index (χ1) is 9.82. The third kappa shape index (κ3) is 4.09. The summed E-state index contributed by atoms with van der Waals surface area (Å²) in [6, 6.07) is 0. The lowest BCUT2D eigenvalue weighted by Crippen LogP contribution is -2.60. The summed E-state index contributed by atoms with van der Waals surface area (Å²) in [4.78, 5) is 26.7. The fourth-order valence-electron chi connectivity index (χ4n) is 2.94. The minimum atomic E-state index is -0.792. The van der Waals surface area contributed by atoms with Crippen LogP contribution < -0.4 is 5.32 Å². The van der Waals surface area contributed by atoms with E-state index < -0.39 is 17.2 Å². The van der Waals surface area contributed by atoms with Crippen LogP contribution in [-0.4, -0.2) is 54.3 Å². The van der Waals surface area contributed by atoms with Gasteiger partial charge in [0, 0.05) is 13.1 Å². The maximum atomic E-state index is 12.8. The van der Waals surface area contributed by atoms with Gasteiger partial charge in [-0.25, -0.2) is 4.79 Å². The Hall–Kier alpha value is -1.30. The number of hydrogen-bond acceptors (Lipinski definition) is 4. The van der Waals surface area contributed by atoms with Crippen LogP contribution in [0.5, 0.6) is 0 Å². The molecule has 6 heteroatoms. The minimum Gasteiger partial charge on any atom is -0.444 e. The molecule has 0 aromatic rings. The van der Waals surface area contributed by atoms with Crippen LogP contribution >= 0.6 is 0 Å². The lowest BCUT2D eigenvalue weighted by molar-refractivity contribution is -0.142. The zero-order valence-electron chi connectivity index (χ0n) is 13.2. The molecule has 21 heavy (non-hydrogen) atoms. The normalized spacial score (nSPS) is 22.0. The van der Waals surface area contributed by atoms with E-state index in [4.69, 9.17) is 9.47 Å². The first-order valence-electron chi connectivity index (χ1n) is 7.71. The average Bonchev–Trinajstić information content (AvgIpc) is 2.86. The molecule has 1 N–H and O–H groups in total. The van der Waals surface area contributed by atoms with Crippen molar-refractivity contribution in [2.75, 3.05) is 26.3 Å². The van der Waals surface area contributed by atoms with E-state index in [1.54, 1.807) is 4.90 Å². The van der Waals surface area contributed by atoms with Gasteiger partial charge in [0.1, 0.15) is 11.1 Å². The summed E-state index contributed by atoms with van der Waals surface area (Å²) in [7, 11) is 0. The highest BCUT2D eigenvalue weighted by molar-refractivity contribution is 5.90. The van der Waals surface area contributed by atoms with Crippen molar-refractivity contribution < 1.29 is 19.1 Å². The van der Waals surface area contributed by atoms with Crippen LogP contribution in [0.2, 0.25) is 0 Å². The van der Waals surface area contributed by atoms with Crippen LogP contribution in [0, 0.1) is 0 Å². The first-order valence-corrected chi connectivity index (χ1v) is 7.71. The van der Waals surface area contributed by atoms with Gasteiger partial charge in [-0.2, -0.15) is 0 Å². The molecule has 1 saturated heterocycles. The second-order valence-electron chi connectivity index (χ2n) is 6.82. The van der Waals surface area contributed by atoms with Gasteiger partial charge in [0.15, 0.2) is 0 Å². The van der Waals surface area contributed by atoms with E-state index in [0.29, 0.717) is 39.1 Å². The molecule has 0 aromatic carbocycles. The number of amides is 2. The standard InChI is InChI=1S/C15H26N2O4/c1-14(2,3)21-13(19)16-15(6-4-5-7-15)12(18)17-8-10-20-11-9-17/h4-11H2,1-3H3,(H,16,19). The van der Waals surface area contributed by atoms with E-state index in [1.807, 2.05) is 20.8 Å². The van der Waals surface area contributed by atoms with Crippen molar-refractivity contribution in [3.63, 3.8) is 0 Å². The van der Waals surface area contributed by atoms with Crippen LogP contribution in [-0.2, 0) is 14.3 Å². The Bertz CT molecular complexity index is 391. The van der Waals surface area contributed by atoms with Crippen LogP contribution in [0.3, 0.4) is 0 Å². The Morgan fingerprint density at radius 3 is 2.24 bits per heavy atom. The van der Waals surface area contributed by atoms with Crippen molar-refractivity contribution in [3.05, 3.63) is 0 Å². The minimum absolute atomic E-state index is 0.00848. The lowest BCUT2D eigenvalue weighted by atomic mass is 9.95. The van der Waals surface area contributed by atoms with Crippen molar-refractivity contribution in [1.82, 2.24) is 10.2 Å². The molecule has 1 aliphatic carbocycles. The molecule has 6 nitrogen and oxygen atoms in total. The summed E-state index contributed by atoms with van der Waals surface area (Å²) < 4.78 is 10.6. The molecule has 0 spiro atoms. The van der Waals surface area contributed by atoms with Crippen LogP contribution in [0.15, 0.2) is 0 Å². The zero-order valence-corrected chi connectivity index (χ0v) is 13.2. The molecule has 120 valence electrons. The molecule has 0 unspecified atom stereocenters. The van der Waals surface area contributed by atoms with Gasteiger partial charge in [0.25, 0.3) is 0 Å². The highest BCUT2D eigenvalue weighted by atomic mass is 16.6. The molecule has 0 aromatic heterocycles. The topological polar surface area (TPSA) is 67.9 Å². The molecule has 0 atom stereocenters.